The third-order valence-electron chi connectivity index (χ3n) is 2.73. The summed E-state index contributed by atoms with van der Waals surface area (Å²) in [5.74, 6) is -0.965. The minimum Gasteiger partial charge on any atom is -0.425 e. The molecule has 0 aromatic heterocycles. The van der Waals surface area contributed by atoms with E-state index in [1.807, 2.05) is 0 Å². The van der Waals surface area contributed by atoms with E-state index in [1.165, 1.54) is 0 Å². The molecular formula is C16H12Cl2O4. The summed E-state index contributed by atoms with van der Waals surface area (Å²) >= 11 is 10.9. The Kier molecular flexibility index (Phi) is 5.81. The number of esters is 2. The fraction of sp³-hybridized carbons (Fsp3) is 0.125. The molecule has 114 valence electrons. The zero-order valence-corrected chi connectivity index (χ0v) is 12.9. The largest absolute Gasteiger partial charge is 0.425 e. The van der Waals surface area contributed by atoms with Crippen LogP contribution in [-0.4, -0.2) is 23.7 Å². The van der Waals surface area contributed by atoms with Crippen molar-refractivity contribution in [2.24, 2.45) is 0 Å². The number of carbonyl (C=O) groups is 2. The van der Waals surface area contributed by atoms with Crippen molar-refractivity contribution >= 4 is 35.1 Å². The first-order chi connectivity index (χ1) is 10.7. The van der Waals surface area contributed by atoms with Crippen molar-refractivity contribution in [3.05, 3.63) is 48.5 Å². The maximum atomic E-state index is 11.4. The van der Waals surface area contributed by atoms with Crippen molar-refractivity contribution in [1.29, 1.82) is 0 Å². The molecule has 6 heteroatoms. The van der Waals surface area contributed by atoms with Crippen LogP contribution in [0.4, 0.5) is 0 Å². The zero-order valence-electron chi connectivity index (χ0n) is 11.4. The van der Waals surface area contributed by atoms with E-state index in [9.17, 15) is 9.59 Å². The fourth-order valence-electron chi connectivity index (χ4n) is 1.86. The first kappa shape index (κ1) is 16.3. The molecule has 0 heterocycles. The third-order valence-corrected chi connectivity index (χ3v) is 3.17. The van der Waals surface area contributed by atoms with Gasteiger partial charge in [0.25, 0.3) is 0 Å². The number of para-hydroxylation sites is 2. The molecule has 0 N–H and O–H groups in total. The number of halogens is 2. The fourth-order valence-corrected chi connectivity index (χ4v) is 1.97. The molecule has 0 fully saturated rings. The lowest BCUT2D eigenvalue weighted by atomic mass is 10.0. The normalized spacial score (nSPS) is 10.1. The number of carbonyl (C=O) groups excluding carboxylic acids is 2. The van der Waals surface area contributed by atoms with Gasteiger partial charge < -0.3 is 9.47 Å². The van der Waals surface area contributed by atoms with Crippen molar-refractivity contribution in [2.45, 2.75) is 0 Å². The van der Waals surface area contributed by atoms with Gasteiger partial charge in [-0.2, -0.15) is 0 Å². The highest BCUT2D eigenvalue weighted by Crippen LogP contribution is 2.36. The van der Waals surface area contributed by atoms with Crippen LogP contribution in [0.2, 0.25) is 0 Å². The number of alkyl halides is 2. The maximum Gasteiger partial charge on any atom is 0.326 e. The average molecular weight is 339 g/mol. The summed E-state index contributed by atoms with van der Waals surface area (Å²) in [5, 5.41) is 0. The Morgan fingerprint density at radius 3 is 1.45 bits per heavy atom. The Balaban J connectivity index is 2.44. The second-order valence-corrected chi connectivity index (χ2v) is 4.74. The van der Waals surface area contributed by atoms with Crippen molar-refractivity contribution in [3.8, 4) is 22.6 Å². The van der Waals surface area contributed by atoms with Crippen molar-refractivity contribution < 1.29 is 19.1 Å². The van der Waals surface area contributed by atoms with Crippen molar-refractivity contribution in [3.63, 3.8) is 0 Å². The highest BCUT2D eigenvalue weighted by Gasteiger charge is 2.15. The summed E-state index contributed by atoms with van der Waals surface area (Å²) in [5.41, 5.74) is 1.22. The topological polar surface area (TPSA) is 52.6 Å². The van der Waals surface area contributed by atoms with Gasteiger partial charge in [0, 0.05) is 11.1 Å². The molecule has 0 aliphatic heterocycles. The van der Waals surface area contributed by atoms with E-state index >= 15 is 0 Å². The molecule has 0 aliphatic rings. The molecule has 2 aromatic rings. The lowest BCUT2D eigenvalue weighted by Gasteiger charge is -2.13. The van der Waals surface area contributed by atoms with Gasteiger partial charge in [-0.25, -0.2) is 0 Å². The Bertz CT molecular complexity index is 626. The standard InChI is InChI=1S/C16H12Cl2O4/c17-9-15(19)21-13-7-3-1-5-11(13)12-6-2-4-8-14(12)22-16(20)10-18/h1-8H,9-10H2. The molecule has 2 aromatic carbocycles. The number of rotatable bonds is 5. The Labute approximate surface area is 137 Å². The lowest BCUT2D eigenvalue weighted by molar-refractivity contribution is -0.132. The summed E-state index contributed by atoms with van der Waals surface area (Å²) in [7, 11) is 0. The van der Waals surface area contributed by atoms with Crippen molar-refractivity contribution in [1.82, 2.24) is 0 Å². The second kappa shape index (κ2) is 7.82. The summed E-state index contributed by atoms with van der Waals surface area (Å²) in [6.07, 6.45) is 0. The molecule has 2 rings (SSSR count). The van der Waals surface area contributed by atoms with Crippen LogP contribution in [0.1, 0.15) is 0 Å². The molecule has 0 saturated carbocycles. The summed E-state index contributed by atoms with van der Waals surface area (Å²) < 4.78 is 10.4. The molecule has 0 atom stereocenters. The van der Waals surface area contributed by atoms with Crippen LogP contribution in [0.15, 0.2) is 48.5 Å². The number of hydrogen-bond donors (Lipinski definition) is 0. The molecule has 0 amide bonds. The average Bonchev–Trinajstić information content (AvgIpc) is 2.55. The van der Waals surface area contributed by atoms with Crippen LogP contribution in [0, 0.1) is 0 Å². The van der Waals surface area contributed by atoms with Crippen molar-refractivity contribution in [2.75, 3.05) is 11.8 Å². The van der Waals surface area contributed by atoms with E-state index < -0.39 is 11.9 Å². The summed E-state index contributed by atoms with van der Waals surface area (Å²) in [6.45, 7) is 0. The van der Waals surface area contributed by atoms with E-state index in [4.69, 9.17) is 32.7 Å². The van der Waals surface area contributed by atoms with Crippen LogP contribution in [0.25, 0.3) is 11.1 Å². The molecule has 0 unspecified atom stereocenters. The molecule has 0 saturated heterocycles. The first-order valence-corrected chi connectivity index (χ1v) is 7.44. The SMILES string of the molecule is O=C(CCl)Oc1ccccc1-c1ccccc1OC(=O)CCl. The third kappa shape index (κ3) is 4.00. The maximum absolute atomic E-state index is 11.4. The van der Waals surface area contributed by atoms with E-state index in [0.29, 0.717) is 22.6 Å². The Morgan fingerprint density at radius 2 is 1.09 bits per heavy atom. The van der Waals surface area contributed by atoms with Gasteiger partial charge in [0.1, 0.15) is 23.3 Å². The molecule has 0 aliphatic carbocycles. The monoisotopic (exact) mass is 338 g/mol. The predicted molar refractivity (Wildman–Crippen MR) is 84.6 cm³/mol. The summed E-state index contributed by atoms with van der Waals surface area (Å²) in [4.78, 5) is 22.8. The van der Waals surface area contributed by atoms with Crippen LogP contribution in [-0.2, 0) is 9.59 Å². The van der Waals surface area contributed by atoms with Gasteiger partial charge in [-0.05, 0) is 12.1 Å². The van der Waals surface area contributed by atoms with Crippen LogP contribution >= 0.6 is 23.2 Å². The zero-order chi connectivity index (χ0) is 15.9. The number of hydrogen-bond acceptors (Lipinski definition) is 4. The summed E-state index contributed by atoms with van der Waals surface area (Å²) in [6, 6.07) is 13.8. The van der Waals surface area contributed by atoms with Gasteiger partial charge in [0.15, 0.2) is 0 Å². The number of ether oxygens (including phenoxy) is 2. The van der Waals surface area contributed by atoms with Gasteiger partial charge >= 0.3 is 11.9 Å². The Morgan fingerprint density at radius 1 is 0.727 bits per heavy atom. The van der Waals surface area contributed by atoms with E-state index in [2.05, 4.69) is 0 Å². The highest BCUT2D eigenvalue weighted by atomic mass is 35.5. The van der Waals surface area contributed by atoms with E-state index in [1.54, 1.807) is 48.5 Å². The van der Waals surface area contributed by atoms with E-state index in [0.717, 1.165) is 0 Å². The minimum atomic E-state index is -0.565. The minimum absolute atomic E-state index is 0.253. The van der Waals surface area contributed by atoms with Crippen LogP contribution in [0.3, 0.4) is 0 Å². The number of benzene rings is 2. The van der Waals surface area contributed by atoms with Gasteiger partial charge in [0.05, 0.1) is 0 Å². The van der Waals surface area contributed by atoms with Gasteiger partial charge in [-0.1, -0.05) is 36.4 Å². The first-order valence-electron chi connectivity index (χ1n) is 6.37. The molecule has 0 spiro atoms. The lowest BCUT2D eigenvalue weighted by Crippen LogP contribution is -2.11. The molecule has 0 bridgehead atoms. The quantitative estimate of drug-likeness (QED) is 0.474. The highest BCUT2D eigenvalue weighted by molar-refractivity contribution is 6.27. The van der Waals surface area contributed by atoms with E-state index in [-0.39, 0.29) is 11.8 Å². The molecular weight excluding hydrogens is 327 g/mol. The second-order valence-electron chi connectivity index (χ2n) is 4.21. The van der Waals surface area contributed by atoms with Crippen LogP contribution < -0.4 is 9.47 Å². The predicted octanol–water partition coefficient (Wildman–Crippen LogP) is 3.64. The van der Waals surface area contributed by atoms with Gasteiger partial charge in [-0.3, -0.25) is 9.59 Å². The Hall–Kier alpha value is -2.04. The molecule has 4 nitrogen and oxygen atoms in total. The van der Waals surface area contributed by atoms with Gasteiger partial charge in [-0.15, -0.1) is 23.2 Å². The molecule has 22 heavy (non-hydrogen) atoms. The van der Waals surface area contributed by atoms with Crippen LogP contribution in [0.5, 0.6) is 11.5 Å². The smallest absolute Gasteiger partial charge is 0.326 e. The molecule has 0 radical (unpaired) electrons. The van der Waals surface area contributed by atoms with Gasteiger partial charge in [0.2, 0.25) is 0 Å².